The second-order valence-electron chi connectivity index (χ2n) is 1.84. The molecule has 0 saturated heterocycles. The lowest BCUT2D eigenvalue weighted by molar-refractivity contribution is 0.321. The Morgan fingerprint density at radius 3 is 1.17 bits per heavy atom. The molecule has 0 aromatic rings. The number of hydrogen-bond donors (Lipinski definition) is 0. The van der Waals surface area contributed by atoms with Gasteiger partial charge in [0.25, 0.3) is 0 Å². The molecule has 0 amide bonds. The van der Waals surface area contributed by atoms with E-state index in [4.69, 9.17) is 10.5 Å². The first-order chi connectivity index (χ1) is 5.26. The maximum absolute atomic E-state index is 7.26. The molecule has 3 nitrogen and oxygen atoms in total. The predicted octanol–water partition coefficient (Wildman–Crippen LogP) is 1.96. The first-order valence-electron chi connectivity index (χ1n) is 3.77. The van der Waals surface area contributed by atoms with Crippen molar-refractivity contribution in [1.82, 2.24) is 4.90 Å². The van der Waals surface area contributed by atoms with Crippen LogP contribution in [0.1, 0.15) is 20.8 Å². The van der Waals surface area contributed by atoms with Crippen molar-refractivity contribution in [3.8, 4) is 12.1 Å². The molecule has 0 aromatic carbocycles. The number of rotatable bonds is 3. The molecule has 0 atom stereocenters. The number of nitrogens with zero attached hydrogens (tertiary/aromatic N) is 3. The van der Waals surface area contributed by atoms with Gasteiger partial charge in [0, 0.05) is 0 Å². The van der Waals surface area contributed by atoms with E-state index in [0.29, 0.717) is 0 Å². The molecule has 70 valence electrons. The number of hydrogen-bond acceptors (Lipinski definition) is 3. The lowest BCUT2D eigenvalue weighted by Gasteiger charge is -2.13. The van der Waals surface area contributed by atoms with Crippen molar-refractivity contribution >= 4 is 17.0 Å². The summed E-state index contributed by atoms with van der Waals surface area (Å²) in [5.41, 5.74) is 0. The molecule has 0 aliphatic rings. The van der Waals surface area contributed by atoms with Gasteiger partial charge >= 0.3 is 0 Å². The molecule has 4 heteroatoms. The van der Waals surface area contributed by atoms with Crippen LogP contribution in [-0.2, 0) is 0 Å². The Kier molecular flexibility index (Phi) is 24.5. The van der Waals surface area contributed by atoms with Gasteiger partial charge in [0.2, 0.25) is 0 Å². The third-order valence-corrected chi connectivity index (χ3v) is 1.39. The van der Waals surface area contributed by atoms with Crippen molar-refractivity contribution in [2.45, 2.75) is 20.8 Å². The van der Waals surface area contributed by atoms with Crippen LogP contribution >= 0.6 is 17.0 Å². The van der Waals surface area contributed by atoms with Crippen molar-refractivity contribution in [1.29, 1.82) is 10.5 Å². The normalized spacial score (nSPS) is 6.83. The van der Waals surface area contributed by atoms with Crippen molar-refractivity contribution in [3.05, 3.63) is 0 Å². The largest absolute Gasteiger partial charge is 0.304 e. The standard InChI is InChI=1S/C6H15N.C2N2.BrH/c1-4-7(5-2)6-3;3-1-2-4;/h4-6H2,1-3H3;;1H. The van der Waals surface area contributed by atoms with Crippen molar-refractivity contribution < 1.29 is 0 Å². The van der Waals surface area contributed by atoms with Crippen molar-refractivity contribution in [2.24, 2.45) is 0 Å². The third-order valence-electron chi connectivity index (χ3n) is 1.39. The predicted molar refractivity (Wildman–Crippen MR) is 55.0 cm³/mol. The minimum Gasteiger partial charge on any atom is -0.304 e. The summed E-state index contributed by atoms with van der Waals surface area (Å²) < 4.78 is 0. The molecule has 0 aromatic heterocycles. The van der Waals surface area contributed by atoms with Gasteiger partial charge < -0.3 is 4.90 Å². The lowest BCUT2D eigenvalue weighted by Crippen LogP contribution is -2.21. The van der Waals surface area contributed by atoms with Crippen LogP contribution in [0, 0.1) is 22.7 Å². The van der Waals surface area contributed by atoms with Crippen LogP contribution < -0.4 is 0 Å². The van der Waals surface area contributed by atoms with E-state index in [-0.39, 0.29) is 17.0 Å². The Bertz CT molecular complexity index is 124. The molecule has 0 aliphatic heterocycles. The summed E-state index contributed by atoms with van der Waals surface area (Å²) in [4.78, 5) is 2.38. The summed E-state index contributed by atoms with van der Waals surface area (Å²) in [6.45, 7) is 10.1. The second kappa shape index (κ2) is 16.8. The smallest absolute Gasteiger partial charge is 0.181 e. The number of nitriles is 2. The molecule has 0 rings (SSSR count). The summed E-state index contributed by atoms with van der Waals surface area (Å²) in [5, 5.41) is 14.5. The Morgan fingerprint density at radius 1 is 0.917 bits per heavy atom. The zero-order chi connectivity index (χ0) is 9.11. The first kappa shape index (κ1) is 17.5. The van der Waals surface area contributed by atoms with Gasteiger partial charge in [-0.1, -0.05) is 20.8 Å². The summed E-state index contributed by atoms with van der Waals surface area (Å²) >= 11 is 0. The van der Waals surface area contributed by atoms with E-state index in [9.17, 15) is 0 Å². The molecular weight excluding hydrogens is 218 g/mol. The van der Waals surface area contributed by atoms with E-state index in [1.165, 1.54) is 31.8 Å². The van der Waals surface area contributed by atoms with Crippen molar-refractivity contribution in [2.75, 3.05) is 19.6 Å². The molecule has 0 radical (unpaired) electrons. The maximum atomic E-state index is 7.26. The lowest BCUT2D eigenvalue weighted by atomic mass is 10.5. The molecule has 0 saturated carbocycles. The zero-order valence-electron chi connectivity index (χ0n) is 7.87. The number of halogens is 1. The van der Waals surface area contributed by atoms with Gasteiger partial charge in [-0.25, -0.2) is 0 Å². The van der Waals surface area contributed by atoms with Crippen LogP contribution in [0.5, 0.6) is 0 Å². The van der Waals surface area contributed by atoms with Gasteiger partial charge in [-0.05, 0) is 19.6 Å². The molecule has 0 spiro atoms. The van der Waals surface area contributed by atoms with Crippen molar-refractivity contribution in [3.63, 3.8) is 0 Å². The van der Waals surface area contributed by atoms with Crippen LogP contribution in [0.15, 0.2) is 0 Å². The monoisotopic (exact) mass is 233 g/mol. The summed E-state index contributed by atoms with van der Waals surface area (Å²) in [6, 6.07) is 2.47. The Hall–Kier alpha value is -0.580. The Morgan fingerprint density at radius 2 is 1.17 bits per heavy atom. The highest BCUT2D eigenvalue weighted by atomic mass is 79.9. The molecule has 0 N–H and O–H groups in total. The van der Waals surface area contributed by atoms with Crippen LogP contribution in [0.3, 0.4) is 0 Å². The summed E-state index contributed by atoms with van der Waals surface area (Å²) in [5.74, 6) is 0. The van der Waals surface area contributed by atoms with E-state index in [2.05, 4.69) is 25.7 Å². The SMILES string of the molecule is Br.CCN(CC)CC.N#CC#N. The van der Waals surface area contributed by atoms with Gasteiger partial charge in [0.05, 0.1) is 0 Å². The fraction of sp³-hybridized carbons (Fsp3) is 0.750. The third kappa shape index (κ3) is 16.2. The highest BCUT2D eigenvalue weighted by molar-refractivity contribution is 8.93. The molecule has 0 heterocycles. The topological polar surface area (TPSA) is 50.8 Å². The highest BCUT2D eigenvalue weighted by Crippen LogP contribution is 1.81. The minimum atomic E-state index is 0. The summed E-state index contributed by atoms with van der Waals surface area (Å²) in [6.07, 6.45) is 0. The van der Waals surface area contributed by atoms with Gasteiger partial charge in [-0.15, -0.1) is 17.0 Å². The molecule has 0 bridgehead atoms. The Labute approximate surface area is 85.4 Å². The molecule has 12 heavy (non-hydrogen) atoms. The average molecular weight is 234 g/mol. The van der Waals surface area contributed by atoms with Gasteiger partial charge in [-0.2, -0.15) is 10.5 Å². The van der Waals surface area contributed by atoms with Crippen LogP contribution in [0.4, 0.5) is 0 Å². The highest BCUT2D eigenvalue weighted by Gasteiger charge is 1.89. The average Bonchev–Trinajstić information content (AvgIpc) is 2.08. The van der Waals surface area contributed by atoms with Gasteiger partial charge in [0.1, 0.15) is 0 Å². The Balaban J connectivity index is -0.000000142. The fourth-order valence-electron chi connectivity index (χ4n) is 0.671. The second-order valence-corrected chi connectivity index (χ2v) is 1.84. The van der Waals surface area contributed by atoms with E-state index in [0.717, 1.165) is 0 Å². The van der Waals surface area contributed by atoms with E-state index in [1.807, 2.05) is 0 Å². The fourth-order valence-corrected chi connectivity index (χ4v) is 0.671. The molecule has 0 unspecified atom stereocenters. The first-order valence-corrected chi connectivity index (χ1v) is 3.77. The molecular formula is C8H16BrN3. The van der Waals surface area contributed by atoms with Crippen LogP contribution in [-0.4, -0.2) is 24.5 Å². The van der Waals surface area contributed by atoms with Crippen LogP contribution in [0.25, 0.3) is 0 Å². The molecule has 0 fully saturated rings. The van der Waals surface area contributed by atoms with E-state index < -0.39 is 0 Å². The van der Waals surface area contributed by atoms with Gasteiger partial charge in [0.15, 0.2) is 12.1 Å². The zero-order valence-corrected chi connectivity index (χ0v) is 9.58. The quantitative estimate of drug-likeness (QED) is 0.749. The van der Waals surface area contributed by atoms with E-state index in [1.54, 1.807) is 0 Å². The van der Waals surface area contributed by atoms with Gasteiger partial charge in [-0.3, -0.25) is 0 Å². The minimum absolute atomic E-state index is 0. The van der Waals surface area contributed by atoms with Crippen LogP contribution in [0.2, 0.25) is 0 Å². The molecule has 0 aliphatic carbocycles. The summed E-state index contributed by atoms with van der Waals surface area (Å²) in [7, 11) is 0. The maximum Gasteiger partial charge on any atom is 0.181 e. The van der Waals surface area contributed by atoms with E-state index >= 15 is 0 Å².